The third-order valence-corrected chi connectivity index (χ3v) is 7.00. The summed E-state index contributed by atoms with van der Waals surface area (Å²) < 4.78 is 31.3. The fraction of sp³-hybridized carbons (Fsp3) is 0.857. The molecule has 1 saturated carbocycles. The number of esters is 1. The van der Waals surface area contributed by atoms with E-state index in [9.17, 15) is 23.1 Å². The Morgan fingerprint density at radius 1 is 1.23 bits per heavy atom. The molecule has 1 unspecified atom stereocenters. The molecule has 1 heterocycles. The molecule has 0 aromatic carbocycles. The van der Waals surface area contributed by atoms with Gasteiger partial charge in [-0.25, -0.2) is 12.7 Å². The maximum atomic E-state index is 12.6. The van der Waals surface area contributed by atoms with Crippen LogP contribution in [-0.2, 0) is 24.3 Å². The number of hydrogen-bond donors (Lipinski definition) is 1. The standard InChI is InChI=1S/C14H23NO6S/c1-13(11(16)17)7-8-15(9-13)22(19,20)10-14(12(18)21-2)5-3-4-6-14/h3-10H2,1-2H3,(H,16,17). The number of hydrogen-bond acceptors (Lipinski definition) is 5. The lowest BCUT2D eigenvalue weighted by molar-refractivity contribution is -0.151. The average Bonchev–Trinajstić information content (AvgIpc) is 3.06. The first kappa shape index (κ1) is 17.2. The van der Waals surface area contributed by atoms with E-state index >= 15 is 0 Å². The number of methoxy groups -OCH3 is 1. The lowest BCUT2D eigenvalue weighted by Gasteiger charge is -2.28. The highest BCUT2D eigenvalue weighted by Gasteiger charge is 2.50. The fourth-order valence-electron chi connectivity index (χ4n) is 3.45. The van der Waals surface area contributed by atoms with E-state index in [1.807, 2.05) is 0 Å². The highest BCUT2D eigenvalue weighted by atomic mass is 32.2. The lowest BCUT2D eigenvalue weighted by atomic mass is 9.89. The van der Waals surface area contributed by atoms with Gasteiger partial charge in [-0.2, -0.15) is 0 Å². The van der Waals surface area contributed by atoms with Crippen LogP contribution in [0.1, 0.15) is 39.0 Å². The monoisotopic (exact) mass is 333 g/mol. The number of aliphatic carboxylic acids is 1. The van der Waals surface area contributed by atoms with Crippen LogP contribution in [0.4, 0.5) is 0 Å². The molecule has 0 radical (unpaired) electrons. The molecule has 1 saturated heterocycles. The van der Waals surface area contributed by atoms with Crippen molar-refractivity contribution in [1.82, 2.24) is 4.31 Å². The molecule has 0 aromatic heterocycles. The van der Waals surface area contributed by atoms with Crippen molar-refractivity contribution in [3.8, 4) is 0 Å². The number of rotatable bonds is 5. The van der Waals surface area contributed by atoms with E-state index in [1.165, 1.54) is 11.4 Å². The van der Waals surface area contributed by atoms with Crippen molar-refractivity contribution in [3.63, 3.8) is 0 Å². The summed E-state index contributed by atoms with van der Waals surface area (Å²) in [4.78, 5) is 23.3. The van der Waals surface area contributed by atoms with Crippen LogP contribution >= 0.6 is 0 Å². The molecule has 1 atom stereocenters. The number of ether oxygens (including phenoxy) is 1. The van der Waals surface area contributed by atoms with Crippen LogP contribution in [0, 0.1) is 10.8 Å². The quantitative estimate of drug-likeness (QED) is 0.748. The van der Waals surface area contributed by atoms with Crippen molar-refractivity contribution in [3.05, 3.63) is 0 Å². The molecule has 0 bridgehead atoms. The van der Waals surface area contributed by atoms with Gasteiger partial charge in [-0.05, 0) is 26.2 Å². The third kappa shape index (κ3) is 2.99. The van der Waals surface area contributed by atoms with E-state index in [2.05, 4.69) is 0 Å². The fourth-order valence-corrected chi connectivity index (χ4v) is 5.59. The predicted octanol–water partition coefficient (Wildman–Crippen LogP) is 0.846. The molecule has 0 spiro atoms. The van der Waals surface area contributed by atoms with E-state index in [1.54, 1.807) is 6.92 Å². The summed E-state index contributed by atoms with van der Waals surface area (Å²) in [6.07, 6.45) is 2.90. The maximum absolute atomic E-state index is 12.6. The molecule has 1 aliphatic carbocycles. The highest BCUT2D eigenvalue weighted by Crippen LogP contribution is 2.42. The number of carboxylic acids is 1. The molecule has 1 aliphatic heterocycles. The number of nitrogens with zero attached hydrogens (tertiary/aromatic N) is 1. The number of carboxylic acid groups (broad SMARTS) is 1. The Hall–Kier alpha value is -1.15. The van der Waals surface area contributed by atoms with Gasteiger partial charge in [0.2, 0.25) is 10.0 Å². The SMILES string of the molecule is COC(=O)C1(CS(=O)(=O)N2CCC(C)(C(=O)O)C2)CCCC1. The largest absolute Gasteiger partial charge is 0.481 e. The van der Waals surface area contributed by atoms with E-state index in [4.69, 9.17) is 4.74 Å². The molecule has 22 heavy (non-hydrogen) atoms. The minimum atomic E-state index is -3.69. The Labute approximate surface area is 130 Å². The van der Waals surface area contributed by atoms with Crippen molar-refractivity contribution < 1.29 is 27.9 Å². The van der Waals surface area contributed by atoms with Crippen molar-refractivity contribution in [2.45, 2.75) is 39.0 Å². The zero-order valence-corrected chi connectivity index (χ0v) is 13.8. The highest BCUT2D eigenvalue weighted by molar-refractivity contribution is 7.89. The zero-order chi connectivity index (χ0) is 16.6. The first-order chi connectivity index (χ1) is 10.2. The van der Waals surface area contributed by atoms with Crippen molar-refractivity contribution in [2.24, 2.45) is 10.8 Å². The maximum Gasteiger partial charge on any atom is 0.312 e. The second-order valence-electron chi connectivity index (χ2n) is 6.68. The molecule has 2 rings (SSSR count). The minimum absolute atomic E-state index is 0.0398. The lowest BCUT2D eigenvalue weighted by Crippen LogP contribution is -2.43. The van der Waals surface area contributed by atoms with Crippen LogP contribution in [0.25, 0.3) is 0 Å². The molecule has 2 fully saturated rings. The van der Waals surface area contributed by atoms with Crippen molar-refractivity contribution >= 4 is 22.0 Å². The molecule has 2 aliphatic rings. The van der Waals surface area contributed by atoms with E-state index in [-0.39, 0.29) is 25.3 Å². The molecule has 0 aromatic rings. The van der Waals surface area contributed by atoms with Gasteiger partial charge in [0.1, 0.15) is 0 Å². The summed E-state index contributed by atoms with van der Waals surface area (Å²) in [5, 5.41) is 9.22. The molecular formula is C14H23NO6S. The van der Waals surface area contributed by atoms with Crippen LogP contribution in [0.15, 0.2) is 0 Å². The summed E-state index contributed by atoms with van der Waals surface area (Å²) in [6.45, 7) is 1.70. The molecular weight excluding hydrogens is 310 g/mol. The van der Waals surface area contributed by atoms with Crippen LogP contribution in [0.5, 0.6) is 0 Å². The van der Waals surface area contributed by atoms with E-state index in [0.29, 0.717) is 12.8 Å². The molecule has 0 amide bonds. The predicted molar refractivity (Wildman–Crippen MR) is 78.6 cm³/mol. The van der Waals surface area contributed by atoms with Gasteiger partial charge in [-0.3, -0.25) is 9.59 Å². The first-order valence-electron chi connectivity index (χ1n) is 7.45. The van der Waals surface area contributed by atoms with E-state index < -0.39 is 32.8 Å². The Morgan fingerprint density at radius 2 is 1.82 bits per heavy atom. The summed E-state index contributed by atoms with van der Waals surface area (Å²) >= 11 is 0. The van der Waals surface area contributed by atoms with Crippen LogP contribution in [0.3, 0.4) is 0 Å². The van der Waals surface area contributed by atoms with Gasteiger partial charge in [-0.15, -0.1) is 0 Å². The first-order valence-corrected chi connectivity index (χ1v) is 9.06. The average molecular weight is 333 g/mol. The van der Waals surface area contributed by atoms with Crippen LogP contribution in [-0.4, -0.2) is 55.7 Å². The minimum Gasteiger partial charge on any atom is -0.481 e. The van der Waals surface area contributed by atoms with Crippen LogP contribution in [0.2, 0.25) is 0 Å². The Morgan fingerprint density at radius 3 is 2.27 bits per heavy atom. The second kappa shape index (κ2) is 5.81. The zero-order valence-electron chi connectivity index (χ0n) is 13.0. The summed E-state index contributed by atoms with van der Waals surface area (Å²) in [6, 6.07) is 0. The topological polar surface area (TPSA) is 101 Å². The Balaban J connectivity index is 2.18. The van der Waals surface area contributed by atoms with Gasteiger partial charge in [-0.1, -0.05) is 12.8 Å². The van der Waals surface area contributed by atoms with Gasteiger partial charge < -0.3 is 9.84 Å². The van der Waals surface area contributed by atoms with Gasteiger partial charge in [0.25, 0.3) is 0 Å². The normalized spacial score (nSPS) is 28.6. The molecule has 1 N–H and O–H groups in total. The third-order valence-electron chi connectivity index (χ3n) is 4.99. The van der Waals surface area contributed by atoms with Gasteiger partial charge in [0, 0.05) is 13.1 Å². The van der Waals surface area contributed by atoms with Gasteiger partial charge >= 0.3 is 11.9 Å². The molecule has 7 nitrogen and oxygen atoms in total. The summed E-state index contributed by atoms with van der Waals surface area (Å²) in [7, 11) is -2.42. The summed E-state index contributed by atoms with van der Waals surface area (Å²) in [5.41, 5.74) is -2.03. The summed E-state index contributed by atoms with van der Waals surface area (Å²) in [5.74, 6) is -1.76. The van der Waals surface area contributed by atoms with Gasteiger partial charge in [0.15, 0.2) is 0 Å². The van der Waals surface area contributed by atoms with E-state index in [0.717, 1.165) is 12.8 Å². The Bertz CT molecular complexity index is 566. The number of carbonyl (C=O) groups excluding carboxylic acids is 1. The molecule has 8 heteroatoms. The number of carbonyl (C=O) groups is 2. The Kier molecular flexibility index (Phi) is 4.54. The molecule has 126 valence electrons. The number of sulfonamides is 1. The van der Waals surface area contributed by atoms with Crippen molar-refractivity contribution in [1.29, 1.82) is 0 Å². The van der Waals surface area contributed by atoms with Gasteiger partial charge in [0.05, 0.1) is 23.7 Å². The van der Waals surface area contributed by atoms with Crippen LogP contribution < -0.4 is 0 Å². The second-order valence-corrected chi connectivity index (χ2v) is 8.65. The van der Waals surface area contributed by atoms with Crippen molar-refractivity contribution in [2.75, 3.05) is 26.0 Å². The smallest absolute Gasteiger partial charge is 0.312 e.